The zero-order chi connectivity index (χ0) is 15.4. The zero-order valence-electron chi connectivity index (χ0n) is 13.2. The first-order chi connectivity index (χ1) is 10.8. The van der Waals surface area contributed by atoms with E-state index in [1.807, 2.05) is 24.3 Å². The molecule has 1 aliphatic heterocycles. The highest BCUT2D eigenvalue weighted by atomic mass is 16.1. The summed E-state index contributed by atoms with van der Waals surface area (Å²) in [4.78, 5) is 13.4. The Balaban J connectivity index is 1.78. The van der Waals surface area contributed by atoms with Crippen molar-refractivity contribution in [3.05, 3.63) is 59.7 Å². The minimum absolute atomic E-state index is 0.721. The van der Waals surface area contributed by atoms with Gasteiger partial charge in [0.1, 0.15) is 6.29 Å². The normalized spacial score (nSPS) is 18.5. The Bertz CT molecular complexity index is 632. The van der Waals surface area contributed by atoms with Crippen LogP contribution in [0.25, 0.3) is 11.1 Å². The van der Waals surface area contributed by atoms with Crippen molar-refractivity contribution in [1.29, 1.82) is 0 Å². The molecule has 0 bridgehead atoms. The lowest BCUT2D eigenvalue weighted by Crippen LogP contribution is -2.29. The molecule has 0 amide bonds. The van der Waals surface area contributed by atoms with E-state index in [9.17, 15) is 4.79 Å². The number of benzene rings is 2. The van der Waals surface area contributed by atoms with Crippen LogP contribution in [-0.4, -0.2) is 30.3 Å². The summed E-state index contributed by atoms with van der Waals surface area (Å²) in [5, 5.41) is 0. The first-order valence-electron chi connectivity index (χ1n) is 8.15. The lowest BCUT2D eigenvalue weighted by Gasteiger charge is -2.21. The van der Waals surface area contributed by atoms with Crippen LogP contribution in [0.3, 0.4) is 0 Å². The summed E-state index contributed by atoms with van der Waals surface area (Å²) in [6.07, 6.45) is 4.63. The number of likely N-dealkylation sites (tertiary alicyclic amines) is 1. The highest BCUT2D eigenvalue weighted by Gasteiger charge is 2.19. The van der Waals surface area contributed by atoms with Crippen molar-refractivity contribution >= 4 is 6.29 Å². The standard InChI is InChI=1S/C20H23NO/c1-16-5-4-13-21(16)14-12-18-6-2-3-7-20(18)19-10-8-17(15-22)9-11-19/h2-3,6-11,15-16H,4-5,12-14H2,1H3. The van der Waals surface area contributed by atoms with Gasteiger partial charge in [-0.05, 0) is 49.4 Å². The largest absolute Gasteiger partial charge is 0.300 e. The summed E-state index contributed by atoms with van der Waals surface area (Å²) in [7, 11) is 0. The van der Waals surface area contributed by atoms with Crippen molar-refractivity contribution in [1.82, 2.24) is 4.90 Å². The van der Waals surface area contributed by atoms with E-state index in [0.717, 1.165) is 30.9 Å². The number of rotatable bonds is 5. The average Bonchev–Trinajstić information content (AvgIpc) is 2.98. The lowest BCUT2D eigenvalue weighted by molar-refractivity contribution is 0.112. The summed E-state index contributed by atoms with van der Waals surface area (Å²) in [6, 6.07) is 17.2. The molecule has 1 heterocycles. The molecule has 0 spiro atoms. The molecule has 0 aliphatic carbocycles. The number of carbonyl (C=O) groups excluding carboxylic acids is 1. The Morgan fingerprint density at radius 1 is 1.14 bits per heavy atom. The van der Waals surface area contributed by atoms with Crippen molar-refractivity contribution in [2.24, 2.45) is 0 Å². The molecule has 1 atom stereocenters. The van der Waals surface area contributed by atoms with E-state index >= 15 is 0 Å². The molecular formula is C20H23NO. The summed E-state index contributed by atoms with van der Waals surface area (Å²) >= 11 is 0. The van der Waals surface area contributed by atoms with Crippen LogP contribution >= 0.6 is 0 Å². The first kappa shape index (κ1) is 15.0. The molecule has 0 N–H and O–H groups in total. The molecule has 22 heavy (non-hydrogen) atoms. The van der Waals surface area contributed by atoms with Crippen molar-refractivity contribution in [2.75, 3.05) is 13.1 Å². The Hall–Kier alpha value is -1.93. The van der Waals surface area contributed by atoms with Gasteiger partial charge in [0.2, 0.25) is 0 Å². The fourth-order valence-corrected chi connectivity index (χ4v) is 3.35. The quantitative estimate of drug-likeness (QED) is 0.770. The fraction of sp³-hybridized carbons (Fsp3) is 0.350. The van der Waals surface area contributed by atoms with Crippen LogP contribution < -0.4 is 0 Å². The maximum atomic E-state index is 10.8. The van der Waals surface area contributed by atoms with E-state index in [1.165, 1.54) is 36.1 Å². The molecule has 114 valence electrons. The van der Waals surface area contributed by atoms with Gasteiger partial charge in [-0.15, -0.1) is 0 Å². The summed E-state index contributed by atoms with van der Waals surface area (Å²) in [6.45, 7) is 4.69. The van der Waals surface area contributed by atoms with Gasteiger partial charge >= 0.3 is 0 Å². The number of hydrogen-bond acceptors (Lipinski definition) is 2. The molecule has 1 saturated heterocycles. The van der Waals surface area contributed by atoms with Gasteiger partial charge in [0.25, 0.3) is 0 Å². The first-order valence-corrected chi connectivity index (χ1v) is 8.15. The summed E-state index contributed by atoms with van der Waals surface area (Å²) in [5.74, 6) is 0. The molecule has 1 unspecified atom stereocenters. The molecule has 3 rings (SSSR count). The maximum absolute atomic E-state index is 10.8. The minimum Gasteiger partial charge on any atom is -0.300 e. The van der Waals surface area contributed by atoms with E-state index in [1.54, 1.807) is 0 Å². The summed E-state index contributed by atoms with van der Waals surface area (Å²) in [5.41, 5.74) is 4.59. The van der Waals surface area contributed by atoms with Gasteiger partial charge < -0.3 is 4.90 Å². The van der Waals surface area contributed by atoms with Crippen LogP contribution in [0, 0.1) is 0 Å². The second-order valence-electron chi connectivity index (χ2n) is 6.17. The van der Waals surface area contributed by atoms with Crippen LogP contribution in [0.2, 0.25) is 0 Å². The number of aldehydes is 1. The van der Waals surface area contributed by atoms with E-state index < -0.39 is 0 Å². The van der Waals surface area contributed by atoms with Crippen molar-refractivity contribution in [3.63, 3.8) is 0 Å². The van der Waals surface area contributed by atoms with Crippen LogP contribution in [0.15, 0.2) is 48.5 Å². The smallest absolute Gasteiger partial charge is 0.150 e. The van der Waals surface area contributed by atoms with Crippen LogP contribution in [-0.2, 0) is 6.42 Å². The van der Waals surface area contributed by atoms with Gasteiger partial charge in [0.15, 0.2) is 0 Å². The predicted octanol–water partition coefficient (Wildman–Crippen LogP) is 4.19. The third-order valence-corrected chi connectivity index (χ3v) is 4.73. The molecular weight excluding hydrogens is 270 g/mol. The van der Waals surface area contributed by atoms with E-state index in [0.29, 0.717) is 0 Å². The van der Waals surface area contributed by atoms with Crippen LogP contribution in [0.5, 0.6) is 0 Å². The van der Waals surface area contributed by atoms with Gasteiger partial charge in [0, 0.05) is 18.2 Å². The minimum atomic E-state index is 0.721. The van der Waals surface area contributed by atoms with E-state index in [-0.39, 0.29) is 0 Å². The molecule has 1 fully saturated rings. The molecule has 1 aliphatic rings. The highest BCUT2D eigenvalue weighted by Crippen LogP contribution is 2.25. The number of carbonyl (C=O) groups is 1. The monoisotopic (exact) mass is 293 g/mol. The topological polar surface area (TPSA) is 20.3 Å². The highest BCUT2D eigenvalue weighted by molar-refractivity contribution is 5.77. The number of hydrogen-bond donors (Lipinski definition) is 0. The maximum Gasteiger partial charge on any atom is 0.150 e. The Kier molecular flexibility index (Phi) is 4.69. The lowest BCUT2D eigenvalue weighted by atomic mass is 9.97. The third kappa shape index (κ3) is 3.28. The second-order valence-corrected chi connectivity index (χ2v) is 6.17. The molecule has 2 nitrogen and oxygen atoms in total. The molecule has 2 aromatic rings. The average molecular weight is 293 g/mol. The van der Waals surface area contributed by atoms with Gasteiger partial charge in [-0.3, -0.25) is 4.79 Å². The Labute approximate surface area is 132 Å². The van der Waals surface area contributed by atoms with Gasteiger partial charge in [-0.1, -0.05) is 48.5 Å². The van der Waals surface area contributed by atoms with E-state index in [4.69, 9.17) is 0 Å². The molecule has 0 aromatic heterocycles. The van der Waals surface area contributed by atoms with E-state index in [2.05, 4.69) is 36.1 Å². The van der Waals surface area contributed by atoms with Crippen LogP contribution in [0.1, 0.15) is 35.7 Å². The molecule has 2 heteroatoms. The molecule has 2 aromatic carbocycles. The Morgan fingerprint density at radius 3 is 2.59 bits per heavy atom. The number of nitrogens with zero attached hydrogens (tertiary/aromatic N) is 1. The van der Waals surface area contributed by atoms with Crippen molar-refractivity contribution < 1.29 is 4.79 Å². The second kappa shape index (κ2) is 6.89. The van der Waals surface area contributed by atoms with Gasteiger partial charge in [0.05, 0.1) is 0 Å². The predicted molar refractivity (Wildman–Crippen MR) is 91.2 cm³/mol. The molecule has 0 radical (unpaired) electrons. The zero-order valence-corrected chi connectivity index (χ0v) is 13.2. The summed E-state index contributed by atoms with van der Waals surface area (Å²) < 4.78 is 0. The van der Waals surface area contributed by atoms with Crippen molar-refractivity contribution in [3.8, 4) is 11.1 Å². The SMILES string of the molecule is CC1CCCN1CCc1ccccc1-c1ccc(C=O)cc1. The van der Waals surface area contributed by atoms with Gasteiger partial charge in [-0.25, -0.2) is 0 Å². The Morgan fingerprint density at radius 2 is 1.91 bits per heavy atom. The third-order valence-electron chi connectivity index (χ3n) is 4.73. The van der Waals surface area contributed by atoms with Gasteiger partial charge in [-0.2, -0.15) is 0 Å². The van der Waals surface area contributed by atoms with Crippen LogP contribution in [0.4, 0.5) is 0 Å². The molecule has 0 saturated carbocycles. The fourth-order valence-electron chi connectivity index (χ4n) is 3.35. The van der Waals surface area contributed by atoms with Crippen molar-refractivity contribution in [2.45, 2.75) is 32.2 Å².